The van der Waals surface area contributed by atoms with E-state index in [4.69, 9.17) is 13.6 Å². The van der Waals surface area contributed by atoms with Gasteiger partial charge >= 0.3 is 0 Å². The summed E-state index contributed by atoms with van der Waals surface area (Å²) in [5, 5.41) is 8.39. The van der Waals surface area contributed by atoms with Gasteiger partial charge in [-0.25, -0.2) is 0 Å². The molecule has 1 aliphatic rings. The number of hydrogen-bond donors (Lipinski definition) is 0. The largest absolute Gasteiger partial charge is 0.496 e. The maximum Gasteiger partial charge on any atom is 0.289 e. The molecule has 134 valence electrons. The molecule has 0 spiro atoms. The minimum atomic E-state index is -0.107. The van der Waals surface area contributed by atoms with Crippen LogP contribution in [0.2, 0.25) is 0 Å². The molecule has 0 radical (unpaired) electrons. The van der Waals surface area contributed by atoms with E-state index in [1.807, 2.05) is 24.3 Å². The Hall–Kier alpha value is -3.09. The highest BCUT2D eigenvalue weighted by Crippen LogP contribution is 2.32. The Morgan fingerprint density at radius 2 is 2.12 bits per heavy atom. The molecule has 2 aromatic heterocycles. The van der Waals surface area contributed by atoms with Crippen LogP contribution < -0.4 is 4.74 Å². The number of rotatable bonds is 4. The zero-order valence-corrected chi connectivity index (χ0v) is 14.4. The number of benzene rings is 1. The fourth-order valence-electron chi connectivity index (χ4n) is 3.25. The molecular formula is C19H19N3O4. The summed E-state index contributed by atoms with van der Waals surface area (Å²) in [6, 6.07) is 10.9. The van der Waals surface area contributed by atoms with Gasteiger partial charge in [0.2, 0.25) is 5.89 Å². The van der Waals surface area contributed by atoms with Gasteiger partial charge in [0.25, 0.3) is 11.8 Å². The molecule has 1 unspecified atom stereocenters. The summed E-state index contributed by atoms with van der Waals surface area (Å²) in [6.07, 6.45) is 3.28. The number of methoxy groups -OCH3 is 1. The van der Waals surface area contributed by atoms with Crippen LogP contribution in [0.15, 0.2) is 51.5 Å². The first kappa shape index (κ1) is 16.4. The summed E-state index contributed by atoms with van der Waals surface area (Å²) in [5.41, 5.74) is 0.757. The molecule has 7 heteroatoms. The Morgan fingerprint density at radius 1 is 1.23 bits per heavy atom. The first-order valence-electron chi connectivity index (χ1n) is 8.56. The van der Waals surface area contributed by atoms with E-state index in [0.29, 0.717) is 36.4 Å². The van der Waals surface area contributed by atoms with Crippen LogP contribution in [-0.2, 0) is 0 Å². The molecule has 0 aliphatic carbocycles. The Bertz CT molecular complexity index is 888. The molecule has 4 rings (SSSR count). The number of amides is 1. The lowest BCUT2D eigenvalue weighted by molar-refractivity contribution is 0.0666. The molecule has 3 heterocycles. The van der Waals surface area contributed by atoms with Gasteiger partial charge in [0.1, 0.15) is 5.75 Å². The van der Waals surface area contributed by atoms with E-state index in [-0.39, 0.29) is 11.8 Å². The van der Waals surface area contributed by atoms with Crippen molar-refractivity contribution in [3.63, 3.8) is 0 Å². The fourth-order valence-corrected chi connectivity index (χ4v) is 3.25. The van der Waals surface area contributed by atoms with Gasteiger partial charge in [0, 0.05) is 13.1 Å². The Kier molecular flexibility index (Phi) is 4.43. The van der Waals surface area contributed by atoms with Crippen molar-refractivity contribution in [2.45, 2.75) is 18.8 Å². The summed E-state index contributed by atoms with van der Waals surface area (Å²) >= 11 is 0. The standard InChI is InChI=1S/C19H19N3O4/c1-24-15-8-3-2-7-14(15)18-21-20-17(26-18)13-6-4-10-22(12-13)19(23)16-9-5-11-25-16/h2-3,5,7-9,11,13H,4,6,10,12H2,1H3. The molecule has 1 fully saturated rings. The molecule has 1 amide bonds. The van der Waals surface area contributed by atoms with E-state index < -0.39 is 0 Å². The molecule has 7 nitrogen and oxygen atoms in total. The molecule has 3 aromatic rings. The normalized spacial score (nSPS) is 17.3. The molecule has 1 aromatic carbocycles. The number of carbonyl (C=O) groups is 1. The van der Waals surface area contributed by atoms with Crippen molar-refractivity contribution in [1.82, 2.24) is 15.1 Å². The van der Waals surface area contributed by atoms with Crippen molar-refractivity contribution < 1.29 is 18.4 Å². The highest BCUT2D eigenvalue weighted by Gasteiger charge is 2.30. The van der Waals surface area contributed by atoms with E-state index in [1.165, 1.54) is 6.26 Å². The van der Waals surface area contributed by atoms with E-state index in [1.54, 1.807) is 24.1 Å². The molecule has 1 atom stereocenters. The topological polar surface area (TPSA) is 81.6 Å². The second-order valence-electron chi connectivity index (χ2n) is 6.21. The van der Waals surface area contributed by atoms with Gasteiger partial charge in [0.15, 0.2) is 5.76 Å². The lowest BCUT2D eigenvalue weighted by Gasteiger charge is -2.30. The van der Waals surface area contributed by atoms with E-state index in [2.05, 4.69) is 10.2 Å². The first-order valence-corrected chi connectivity index (χ1v) is 8.56. The molecule has 0 saturated carbocycles. The van der Waals surface area contributed by atoms with E-state index in [0.717, 1.165) is 18.4 Å². The number of hydrogen-bond acceptors (Lipinski definition) is 6. The Labute approximate surface area is 150 Å². The number of para-hydroxylation sites is 1. The van der Waals surface area contributed by atoms with Crippen LogP contribution in [0.1, 0.15) is 35.2 Å². The zero-order valence-electron chi connectivity index (χ0n) is 14.4. The maximum atomic E-state index is 12.5. The third kappa shape index (κ3) is 3.08. The number of carbonyl (C=O) groups excluding carboxylic acids is 1. The minimum absolute atomic E-state index is 0.0126. The summed E-state index contributed by atoms with van der Waals surface area (Å²) in [5.74, 6) is 1.91. The maximum absolute atomic E-state index is 12.5. The zero-order chi connectivity index (χ0) is 17.9. The number of nitrogens with zero attached hydrogens (tertiary/aromatic N) is 3. The average molecular weight is 353 g/mol. The second-order valence-corrected chi connectivity index (χ2v) is 6.21. The van der Waals surface area contributed by atoms with Crippen molar-refractivity contribution in [2.75, 3.05) is 20.2 Å². The lowest BCUT2D eigenvalue weighted by Crippen LogP contribution is -2.39. The van der Waals surface area contributed by atoms with Crippen molar-refractivity contribution >= 4 is 5.91 Å². The smallest absolute Gasteiger partial charge is 0.289 e. The van der Waals surface area contributed by atoms with Crippen LogP contribution in [0.3, 0.4) is 0 Å². The Balaban J connectivity index is 1.53. The molecule has 26 heavy (non-hydrogen) atoms. The number of furan rings is 1. The molecular weight excluding hydrogens is 334 g/mol. The predicted molar refractivity (Wildman–Crippen MR) is 92.9 cm³/mol. The quantitative estimate of drug-likeness (QED) is 0.715. The average Bonchev–Trinajstić information content (AvgIpc) is 3.39. The summed E-state index contributed by atoms with van der Waals surface area (Å²) in [4.78, 5) is 14.3. The van der Waals surface area contributed by atoms with Crippen molar-refractivity contribution in [2.24, 2.45) is 0 Å². The third-order valence-corrected chi connectivity index (χ3v) is 4.57. The lowest BCUT2D eigenvalue weighted by atomic mass is 9.98. The number of likely N-dealkylation sites (tertiary alicyclic amines) is 1. The predicted octanol–water partition coefficient (Wildman–Crippen LogP) is 3.36. The molecule has 0 bridgehead atoms. The molecule has 1 saturated heterocycles. The van der Waals surface area contributed by atoms with Crippen LogP contribution in [0, 0.1) is 0 Å². The van der Waals surface area contributed by atoms with E-state index in [9.17, 15) is 4.79 Å². The van der Waals surface area contributed by atoms with Crippen LogP contribution >= 0.6 is 0 Å². The van der Waals surface area contributed by atoms with Crippen LogP contribution in [0.5, 0.6) is 5.75 Å². The number of ether oxygens (including phenoxy) is 1. The van der Waals surface area contributed by atoms with Crippen LogP contribution in [0.4, 0.5) is 0 Å². The molecule has 0 N–H and O–H groups in total. The van der Waals surface area contributed by atoms with Gasteiger partial charge in [-0.2, -0.15) is 0 Å². The van der Waals surface area contributed by atoms with Crippen LogP contribution in [0.25, 0.3) is 11.5 Å². The van der Waals surface area contributed by atoms with Gasteiger partial charge < -0.3 is 18.5 Å². The van der Waals surface area contributed by atoms with Gasteiger partial charge in [0.05, 0.1) is 24.9 Å². The highest BCUT2D eigenvalue weighted by molar-refractivity contribution is 5.91. The summed E-state index contributed by atoms with van der Waals surface area (Å²) < 4.78 is 16.5. The van der Waals surface area contributed by atoms with Gasteiger partial charge in [-0.1, -0.05) is 12.1 Å². The van der Waals surface area contributed by atoms with Gasteiger partial charge in [-0.05, 0) is 37.1 Å². The van der Waals surface area contributed by atoms with Crippen molar-refractivity contribution in [1.29, 1.82) is 0 Å². The van der Waals surface area contributed by atoms with Crippen molar-refractivity contribution in [3.8, 4) is 17.2 Å². The van der Waals surface area contributed by atoms with E-state index >= 15 is 0 Å². The highest BCUT2D eigenvalue weighted by atomic mass is 16.5. The Morgan fingerprint density at radius 3 is 2.92 bits per heavy atom. The van der Waals surface area contributed by atoms with Gasteiger partial charge in [-0.15, -0.1) is 10.2 Å². The van der Waals surface area contributed by atoms with Crippen molar-refractivity contribution in [3.05, 3.63) is 54.3 Å². The SMILES string of the molecule is COc1ccccc1-c1nnc(C2CCCN(C(=O)c3ccco3)C2)o1. The van der Waals surface area contributed by atoms with Gasteiger partial charge in [-0.3, -0.25) is 4.79 Å². The van der Waals surface area contributed by atoms with Crippen LogP contribution in [-0.4, -0.2) is 41.2 Å². The summed E-state index contributed by atoms with van der Waals surface area (Å²) in [7, 11) is 1.61. The minimum Gasteiger partial charge on any atom is -0.496 e. The molecule has 1 aliphatic heterocycles. The third-order valence-electron chi connectivity index (χ3n) is 4.57. The first-order chi connectivity index (χ1) is 12.8. The number of piperidine rings is 1. The number of aromatic nitrogens is 2. The second kappa shape index (κ2) is 7.03. The fraction of sp³-hybridized carbons (Fsp3) is 0.316. The summed E-state index contributed by atoms with van der Waals surface area (Å²) in [6.45, 7) is 1.23. The monoisotopic (exact) mass is 353 g/mol.